The van der Waals surface area contributed by atoms with E-state index < -0.39 is 9.84 Å². The monoisotopic (exact) mass is 260 g/mol. The molecule has 2 rings (SSSR count). The van der Waals surface area contributed by atoms with Gasteiger partial charge in [0.2, 0.25) is 5.91 Å². The molecule has 1 saturated carbocycles. The van der Waals surface area contributed by atoms with E-state index in [1.54, 1.807) is 11.9 Å². The molecule has 6 heteroatoms. The second kappa shape index (κ2) is 4.57. The van der Waals surface area contributed by atoms with E-state index in [1.807, 2.05) is 0 Å². The van der Waals surface area contributed by atoms with Crippen LogP contribution in [0.5, 0.6) is 0 Å². The van der Waals surface area contributed by atoms with Crippen LogP contribution in [-0.4, -0.2) is 50.4 Å². The summed E-state index contributed by atoms with van der Waals surface area (Å²) in [6, 6.07) is 0.287. The standard InChI is InChI=1S/C11H20N2O3S/c1-13(6-8-4-10(12)5-8)11(14)9-2-3-17(15,16)7-9/h8-10H,2-7,12H2,1H3. The second-order valence-electron chi connectivity index (χ2n) is 5.42. The Morgan fingerprint density at radius 3 is 2.53 bits per heavy atom. The minimum absolute atomic E-state index is 0.0217. The third-order valence-electron chi connectivity index (χ3n) is 3.76. The van der Waals surface area contributed by atoms with Crippen molar-refractivity contribution in [1.82, 2.24) is 4.90 Å². The van der Waals surface area contributed by atoms with E-state index in [0.717, 1.165) is 12.8 Å². The van der Waals surface area contributed by atoms with Crippen molar-refractivity contribution in [2.24, 2.45) is 17.6 Å². The van der Waals surface area contributed by atoms with E-state index in [2.05, 4.69) is 0 Å². The SMILES string of the molecule is CN(CC1CC(N)C1)C(=O)C1CCS(=O)(=O)C1. The number of nitrogens with two attached hydrogens (primary N) is 1. The fourth-order valence-electron chi connectivity index (χ4n) is 2.72. The molecule has 98 valence electrons. The predicted octanol–water partition coefficient (Wildman–Crippen LogP) is -0.383. The third kappa shape index (κ3) is 2.98. The van der Waals surface area contributed by atoms with Gasteiger partial charge in [0.15, 0.2) is 9.84 Å². The quantitative estimate of drug-likeness (QED) is 0.750. The van der Waals surface area contributed by atoms with Crippen LogP contribution in [0.1, 0.15) is 19.3 Å². The molecule has 1 saturated heterocycles. The van der Waals surface area contributed by atoms with Gasteiger partial charge in [-0.05, 0) is 25.2 Å². The molecule has 1 heterocycles. The van der Waals surface area contributed by atoms with E-state index in [4.69, 9.17) is 5.73 Å². The summed E-state index contributed by atoms with van der Waals surface area (Å²) in [5.74, 6) is 0.341. The van der Waals surface area contributed by atoms with Crippen molar-refractivity contribution in [3.05, 3.63) is 0 Å². The van der Waals surface area contributed by atoms with Crippen molar-refractivity contribution >= 4 is 15.7 Å². The summed E-state index contributed by atoms with van der Waals surface area (Å²) in [4.78, 5) is 13.7. The molecule has 0 aromatic carbocycles. The van der Waals surface area contributed by atoms with Gasteiger partial charge in [0.05, 0.1) is 17.4 Å². The number of sulfone groups is 1. The average molecular weight is 260 g/mol. The summed E-state index contributed by atoms with van der Waals surface area (Å²) in [6.07, 6.45) is 2.43. The molecule has 0 aromatic heterocycles. The number of rotatable bonds is 3. The molecule has 2 aliphatic rings. The van der Waals surface area contributed by atoms with E-state index in [-0.39, 0.29) is 29.4 Å². The van der Waals surface area contributed by atoms with Crippen LogP contribution in [-0.2, 0) is 14.6 Å². The lowest BCUT2D eigenvalue weighted by molar-refractivity contribution is -0.134. The van der Waals surface area contributed by atoms with E-state index >= 15 is 0 Å². The van der Waals surface area contributed by atoms with E-state index in [9.17, 15) is 13.2 Å². The maximum Gasteiger partial charge on any atom is 0.226 e. The maximum absolute atomic E-state index is 12.0. The molecule has 5 nitrogen and oxygen atoms in total. The van der Waals surface area contributed by atoms with Crippen molar-refractivity contribution in [3.63, 3.8) is 0 Å². The van der Waals surface area contributed by atoms with Gasteiger partial charge in [-0.2, -0.15) is 0 Å². The first-order valence-electron chi connectivity index (χ1n) is 6.08. The smallest absolute Gasteiger partial charge is 0.226 e. The van der Waals surface area contributed by atoms with Gasteiger partial charge >= 0.3 is 0 Å². The molecule has 1 unspecified atom stereocenters. The van der Waals surface area contributed by atoms with Crippen LogP contribution in [0, 0.1) is 11.8 Å². The topological polar surface area (TPSA) is 80.5 Å². The summed E-state index contributed by atoms with van der Waals surface area (Å²) < 4.78 is 22.6. The second-order valence-corrected chi connectivity index (χ2v) is 7.64. The minimum atomic E-state index is -2.97. The first-order valence-corrected chi connectivity index (χ1v) is 7.90. The highest BCUT2D eigenvalue weighted by atomic mass is 32.2. The maximum atomic E-state index is 12.0. The van der Waals surface area contributed by atoms with Crippen LogP contribution in [0.3, 0.4) is 0 Å². The van der Waals surface area contributed by atoms with Gasteiger partial charge in [0.1, 0.15) is 0 Å². The van der Waals surface area contributed by atoms with E-state index in [1.165, 1.54) is 0 Å². The van der Waals surface area contributed by atoms with Crippen molar-refractivity contribution in [2.75, 3.05) is 25.1 Å². The zero-order chi connectivity index (χ0) is 12.6. The Morgan fingerprint density at radius 1 is 1.41 bits per heavy atom. The Hall–Kier alpha value is -0.620. The summed E-state index contributed by atoms with van der Waals surface area (Å²) in [7, 11) is -1.21. The Balaban J connectivity index is 1.83. The summed E-state index contributed by atoms with van der Waals surface area (Å²) >= 11 is 0. The molecule has 0 spiro atoms. The molecule has 0 aromatic rings. The Morgan fingerprint density at radius 2 is 2.06 bits per heavy atom. The van der Waals surface area contributed by atoms with Crippen LogP contribution in [0.2, 0.25) is 0 Å². The molecule has 0 radical (unpaired) electrons. The Kier molecular flexibility index (Phi) is 3.45. The number of hydrogen-bond acceptors (Lipinski definition) is 4. The summed E-state index contributed by atoms with van der Waals surface area (Å²) in [5, 5.41) is 0. The van der Waals surface area contributed by atoms with Gasteiger partial charge in [-0.3, -0.25) is 4.79 Å². The summed E-state index contributed by atoms with van der Waals surface area (Å²) in [5.41, 5.74) is 5.70. The minimum Gasteiger partial charge on any atom is -0.345 e. The Bertz CT molecular complexity index is 401. The molecule has 2 fully saturated rings. The van der Waals surface area contributed by atoms with Crippen molar-refractivity contribution in [1.29, 1.82) is 0 Å². The highest BCUT2D eigenvalue weighted by Gasteiger charge is 2.36. The zero-order valence-electron chi connectivity index (χ0n) is 10.1. The molecule has 1 aliphatic carbocycles. The van der Waals surface area contributed by atoms with Gasteiger partial charge in [0.25, 0.3) is 0 Å². The van der Waals surface area contributed by atoms with Crippen LogP contribution in [0.25, 0.3) is 0 Å². The fraction of sp³-hybridized carbons (Fsp3) is 0.909. The zero-order valence-corrected chi connectivity index (χ0v) is 10.9. The first-order chi connectivity index (χ1) is 7.87. The van der Waals surface area contributed by atoms with Crippen molar-refractivity contribution in [3.8, 4) is 0 Å². The van der Waals surface area contributed by atoms with Crippen LogP contribution < -0.4 is 5.73 Å². The summed E-state index contributed by atoms with van der Waals surface area (Å²) in [6.45, 7) is 0.711. The normalized spacial score (nSPS) is 35.3. The van der Waals surface area contributed by atoms with Crippen LogP contribution in [0.4, 0.5) is 0 Å². The van der Waals surface area contributed by atoms with Gasteiger partial charge in [-0.1, -0.05) is 0 Å². The van der Waals surface area contributed by atoms with E-state index in [0.29, 0.717) is 18.9 Å². The number of hydrogen-bond donors (Lipinski definition) is 1. The van der Waals surface area contributed by atoms with Gasteiger partial charge in [-0.25, -0.2) is 8.42 Å². The third-order valence-corrected chi connectivity index (χ3v) is 5.53. The molecule has 1 aliphatic heterocycles. The number of amides is 1. The molecule has 17 heavy (non-hydrogen) atoms. The average Bonchev–Trinajstić information content (AvgIpc) is 2.55. The lowest BCUT2D eigenvalue weighted by Gasteiger charge is -2.35. The highest BCUT2D eigenvalue weighted by molar-refractivity contribution is 7.91. The van der Waals surface area contributed by atoms with Gasteiger partial charge in [0, 0.05) is 19.6 Å². The lowest BCUT2D eigenvalue weighted by atomic mass is 9.80. The molecule has 2 N–H and O–H groups in total. The van der Waals surface area contributed by atoms with Crippen LogP contribution in [0.15, 0.2) is 0 Å². The first kappa shape index (κ1) is 12.8. The van der Waals surface area contributed by atoms with Crippen LogP contribution >= 0.6 is 0 Å². The van der Waals surface area contributed by atoms with Gasteiger partial charge < -0.3 is 10.6 Å². The molecule has 1 amide bonds. The van der Waals surface area contributed by atoms with Crippen molar-refractivity contribution in [2.45, 2.75) is 25.3 Å². The van der Waals surface area contributed by atoms with Crippen molar-refractivity contribution < 1.29 is 13.2 Å². The van der Waals surface area contributed by atoms with Gasteiger partial charge in [-0.15, -0.1) is 0 Å². The molecule has 0 bridgehead atoms. The lowest BCUT2D eigenvalue weighted by Crippen LogP contribution is -2.44. The Labute approximate surface area is 102 Å². The molecular weight excluding hydrogens is 240 g/mol. The number of nitrogens with zero attached hydrogens (tertiary/aromatic N) is 1. The number of carbonyl (C=O) groups excluding carboxylic acids is 1. The molecular formula is C11H20N2O3S. The fourth-order valence-corrected chi connectivity index (χ4v) is 4.45. The predicted molar refractivity (Wildman–Crippen MR) is 65.1 cm³/mol. The highest BCUT2D eigenvalue weighted by Crippen LogP contribution is 2.27. The number of carbonyl (C=O) groups is 1. The largest absolute Gasteiger partial charge is 0.345 e. The molecule has 1 atom stereocenters.